The first-order valence-corrected chi connectivity index (χ1v) is 8.06. The molecule has 0 atom stereocenters. The van der Waals surface area contributed by atoms with Gasteiger partial charge in [-0.15, -0.1) is 0 Å². The van der Waals surface area contributed by atoms with Crippen molar-refractivity contribution in [1.82, 2.24) is 10.6 Å². The molecule has 0 aliphatic carbocycles. The molecular weight excluding hydrogens is 246 g/mol. The lowest BCUT2D eigenvalue weighted by molar-refractivity contribution is 0.0783. The average molecular weight is 273 g/mol. The summed E-state index contributed by atoms with van der Waals surface area (Å²) in [4.78, 5) is 4.26. The van der Waals surface area contributed by atoms with Gasteiger partial charge in [0, 0.05) is 38.1 Å². The second kappa shape index (κ2) is 8.64. The summed E-state index contributed by atoms with van der Waals surface area (Å²) in [7, 11) is 1.83. The minimum absolute atomic E-state index is 0.306. The van der Waals surface area contributed by atoms with Gasteiger partial charge in [-0.25, -0.2) is 0 Å². The molecule has 0 amide bonds. The Bertz CT molecular complexity index is 253. The Balaban J connectivity index is 2.35. The molecule has 1 saturated heterocycles. The first kappa shape index (κ1) is 15.6. The first-order valence-electron chi connectivity index (χ1n) is 6.84. The molecule has 0 saturated carbocycles. The molecule has 0 aromatic heterocycles. The Morgan fingerprint density at radius 3 is 2.61 bits per heavy atom. The van der Waals surface area contributed by atoms with Crippen molar-refractivity contribution in [3.63, 3.8) is 0 Å². The molecule has 5 heteroatoms. The maximum Gasteiger partial charge on any atom is 0.191 e. The van der Waals surface area contributed by atoms with Crippen LogP contribution < -0.4 is 10.6 Å². The van der Waals surface area contributed by atoms with Crippen LogP contribution in [0.4, 0.5) is 0 Å². The summed E-state index contributed by atoms with van der Waals surface area (Å²) >= 11 is 1.95. The zero-order valence-electron chi connectivity index (χ0n) is 11.9. The standard InChI is InChI=1S/C13H27N3OS/c1-4-5-8-15-12(14-2)16-11-13(18-3)6-9-17-10-7-13/h4-11H2,1-3H3,(H2,14,15,16). The smallest absolute Gasteiger partial charge is 0.191 e. The van der Waals surface area contributed by atoms with Crippen LogP contribution in [0.2, 0.25) is 0 Å². The van der Waals surface area contributed by atoms with Gasteiger partial charge >= 0.3 is 0 Å². The van der Waals surface area contributed by atoms with Crippen molar-refractivity contribution in [3.8, 4) is 0 Å². The highest BCUT2D eigenvalue weighted by Gasteiger charge is 2.31. The fourth-order valence-corrected chi connectivity index (χ4v) is 2.84. The third-order valence-corrected chi connectivity index (χ3v) is 4.88. The monoisotopic (exact) mass is 273 g/mol. The van der Waals surface area contributed by atoms with Gasteiger partial charge in [0.15, 0.2) is 5.96 Å². The van der Waals surface area contributed by atoms with Gasteiger partial charge in [0.05, 0.1) is 0 Å². The zero-order valence-corrected chi connectivity index (χ0v) is 12.7. The van der Waals surface area contributed by atoms with E-state index in [1.54, 1.807) is 0 Å². The van der Waals surface area contributed by atoms with Crippen molar-refractivity contribution in [2.75, 3.05) is 39.6 Å². The lowest BCUT2D eigenvalue weighted by atomic mass is 9.99. The van der Waals surface area contributed by atoms with Gasteiger partial charge in [-0.1, -0.05) is 13.3 Å². The van der Waals surface area contributed by atoms with E-state index < -0.39 is 0 Å². The molecule has 1 aliphatic heterocycles. The van der Waals surface area contributed by atoms with Gasteiger partial charge in [0.1, 0.15) is 0 Å². The van der Waals surface area contributed by atoms with Crippen LogP contribution in [0.1, 0.15) is 32.6 Å². The molecule has 1 heterocycles. The van der Waals surface area contributed by atoms with Crippen molar-refractivity contribution >= 4 is 17.7 Å². The molecule has 1 rings (SSSR count). The summed E-state index contributed by atoms with van der Waals surface area (Å²) in [6.07, 6.45) is 6.82. The predicted molar refractivity (Wildman–Crippen MR) is 80.6 cm³/mol. The van der Waals surface area contributed by atoms with Crippen molar-refractivity contribution in [1.29, 1.82) is 0 Å². The summed E-state index contributed by atoms with van der Waals surface area (Å²) in [6, 6.07) is 0. The minimum atomic E-state index is 0.306. The molecule has 1 fully saturated rings. The molecular formula is C13H27N3OS. The fourth-order valence-electron chi connectivity index (χ4n) is 2.05. The molecule has 0 spiro atoms. The number of nitrogens with one attached hydrogen (secondary N) is 2. The van der Waals surface area contributed by atoms with E-state index in [1.807, 2.05) is 18.8 Å². The predicted octanol–water partition coefficient (Wildman–Crippen LogP) is 1.86. The largest absolute Gasteiger partial charge is 0.381 e. The van der Waals surface area contributed by atoms with Gasteiger partial charge in [0.25, 0.3) is 0 Å². The minimum Gasteiger partial charge on any atom is -0.381 e. The molecule has 0 unspecified atom stereocenters. The molecule has 0 radical (unpaired) electrons. The molecule has 106 valence electrons. The number of unbranched alkanes of at least 4 members (excludes halogenated alkanes) is 1. The van der Waals surface area contributed by atoms with E-state index in [-0.39, 0.29) is 0 Å². The van der Waals surface area contributed by atoms with E-state index in [0.29, 0.717) is 4.75 Å². The van der Waals surface area contributed by atoms with E-state index in [4.69, 9.17) is 4.74 Å². The number of nitrogens with zero attached hydrogens (tertiary/aromatic N) is 1. The maximum absolute atomic E-state index is 5.45. The maximum atomic E-state index is 5.45. The zero-order chi connectivity index (χ0) is 13.3. The highest BCUT2D eigenvalue weighted by Crippen LogP contribution is 2.32. The normalized spacial score (nSPS) is 19.6. The molecule has 2 N–H and O–H groups in total. The third kappa shape index (κ3) is 5.06. The highest BCUT2D eigenvalue weighted by molar-refractivity contribution is 8.00. The molecule has 0 aromatic carbocycles. The van der Waals surface area contributed by atoms with Crippen LogP contribution >= 0.6 is 11.8 Å². The molecule has 0 aromatic rings. The molecule has 0 bridgehead atoms. The second-order valence-electron chi connectivity index (χ2n) is 4.71. The van der Waals surface area contributed by atoms with Crippen LogP contribution in [0.25, 0.3) is 0 Å². The quantitative estimate of drug-likeness (QED) is 0.440. The summed E-state index contributed by atoms with van der Waals surface area (Å²) < 4.78 is 5.76. The summed E-state index contributed by atoms with van der Waals surface area (Å²) in [6.45, 7) is 5.91. The molecule has 4 nitrogen and oxygen atoms in total. The van der Waals surface area contributed by atoms with E-state index in [9.17, 15) is 0 Å². The number of aliphatic imine (C=N–C) groups is 1. The van der Waals surface area contributed by atoms with Gasteiger partial charge in [-0.05, 0) is 25.5 Å². The van der Waals surface area contributed by atoms with Gasteiger partial charge in [-0.2, -0.15) is 11.8 Å². The fraction of sp³-hybridized carbons (Fsp3) is 0.923. The Hall–Kier alpha value is -0.420. The number of guanidine groups is 1. The van der Waals surface area contributed by atoms with Crippen molar-refractivity contribution in [2.45, 2.75) is 37.4 Å². The van der Waals surface area contributed by atoms with Crippen LogP contribution in [0, 0.1) is 0 Å². The number of hydrogen-bond donors (Lipinski definition) is 2. The first-order chi connectivity index (χ1) is 8.76. The number of hydrogen-bond acceptors (Lipinski definition) is 3. The van der Waals surface area contributed by atoms with E-state index >= 15 is 0 Å². The van der Waals surface area contributed by atoms with Crippen LogP contribution in [0.15, 0.2) is 4.99 Å². The SMILES string of the molecule is CCCCNC(=NC)NCC1(SC)CCOCC1. The van der Waals surface area contributed by atoms with E-state index in [0.717, 1.165) is 45.1 Å². The van der Waals surface area contributed by atoms with Gasteiger partial charge in [-0.3, -0.25) is 4.99 Å². The van der Waals surface area contributed by atoms with Crippen LogP contribution in [-0.4, -0.2) is 50.3 Å². The highest BCUT2D eigenvalue weighted by atomic mass is 32.2. The Morgan fingerprint density at radius 2 is 2.06 bits per heavy atom. The summed E-state index contributed by atoms with van der Waals surface area (Å²) in [5.41, 5.74) is 0. The second-order valence-corrected chi connectivity index (χ2v) is 5.98. The third-order valence-electron chi connectivity index (χ3n) is 3.46. The number of rotatable bonds is 6. The van der Waals surface area contributed by atoms with Crippen molar-refractivity contribution < 1.29 is 4.74 Å². The Labute approximate surface area is 115 Å². The Morgan fingerprint density at radius 1 is 1.33 bits per heavy atom. The van der Waals surface area contributed by atoms with Crippen LogP contribution in [0.5, 0.6) is 0 Å². The van der Waals surface area contributed by atoms with Crippen LogP contribution in [-0.2, 0) is 4.74 Å². The summed E-state index contributed by atoms with van der Waals surface area (Å²) in [5.74, 6) is 0.920. The average Bonchev–Trinajstić information content (AvgIpc) is 2.43. The Kier molecular flexibility index (Phi) is 7.51. The number of ether oxygens (including phenoxy) is 1. The lowest BCUT2D eigenvalue weighted by Gasteiger charge is -2.36. The van der Waals surface area contributed by atoms with E-state index in [1.165, 1.54) is 12.8 Å². The number of thioether (sulfide) groups is 1. The van der Waals surface area contributed by atoms with E-state index in [2.05, 4.69) is 28.8 Å². The lowest BCUT2D eigenvalue weighted by Crippen LogP contribution is -2.48. The van der Waals surface area contributed by atoms with Crippen LogP contribution in [0.3, 0.4) is 0 Å². The summed E-state index contributed by atoms with van der Waals surface area (Å²) in [5, 5.41) is 6.80. The molecule has 18 heavy (non-hydrogen) atoms. The topological polar surface area (TPSA) is 45.7 Å². The van der Waals surface area contributed by atoms with Gasteiger partial charge < -0.3 is 15.4 Å². The van der Waals surface area contributed by atoms with Crippen molar-refractivity contribution in [3.05, 3.63) is 0 Å². The molecule has 1 aliphatic rings. The van der Waals surface area contributed by atoms with Crippen molar-refractivity contribution in [2.24, 2.45) is 4.99 Å². The van der Waals surface area contributed by atoms with Gasteiger partial charge in [0.2, 0.25) is 0 Å².